The van der Waals surface area contributed by atoms with Gasteiger partial charge >= 0.3 is 0 Å². The maximum atomic E-state index is 4.55. The molecular formula is C16H16N4. The molecule has 4 heteroatoms. The van der Waals surface area contributed by atoms with Crippen molar-refractivity contribution in [2.24, 2.45) is 0 Å². The number of aromatic nitrogens is 3. The van der Waals surface area contributed by atoms with Crippen LogP contribution in [0.1, 0.15) is 19.8 Å². The van der Waals surface area contributed by atoms with Crippen LogP contribution in [-0.2, 0) is 0 Å². The van der Waals surface area contributed by atoms with Gasteiger partial charge in [-0.1, -0.05) is 12.2 Å². The van der Waals surface area contributed by atoms with E-state index in [1.54, 1.807) is 18.6 Å². The molecule has 0 radical (unpaired) electrons. The minimum absolute atomic E-state index is 0.635. The number of anilines is 1. The normalized spacial score (nSPS) is 14.4. The van der Waals surface area contributed by atoms with Crippen LogP contribution in [0.4, 0.5) is 5.95 Å². The Labute approximate surface area is 118 Å². The third-order valence-electron chi connectivity index (χ3n) is 3.28. The van der Waals surface area contributed by atoms with Crippen molar-refractivity contribution in [1.29, 1.82) is 0 Å². The largest absolute Gasteiger partial charge is 0.328 e. The van der Waals surface area contributed by atoms with E-state index < -0.39 is 0 Å². The van der Waals surface area contributed by atoms with E-state index in [0.717, 1.165) is 24.1 Å². The second kappa shape index (κ2) is 5.65. The lowest BCUT2D eigenvalue weighted by Crippen LogP contribution is -2.07. The molecule has 0 saturated heterocycles. The van der Waals surface area contributed by atoms with Gasteiger partial charge in [-0.15, -0.1) is 0 Å². The molecule has 1 aliphatic carbocycles. The quantitative estimate of drug-likeness (QED) is 0.920. The zero-order chi connectivity index (χ0) is 13.8. The van der Waals surface area contributed by atoms with E-state index in [9.17, 15) is 0 Å². The fourth-order valence-corrected chi connectivity index (χ4v) is 2.18. The zero-order valence-corrected chi connectivity index (χ0v) is 11.4. The average Bonchev–Trinajstić information content (AvgIpc) is 2.51. The van der Waals surface area contributed by atoms with Crippen LogP contribution in [0, 0.1) is 0 Å². The summed E-state index contributed by atoms with van der Waals surface area (Å²) in [5, 5.41) is 3.33. The van der Waals surface area contributed by atoms with E-state index >= 15 is 0 Å². The standard InChI is InChI=1S/C16H16N4/c1-12-5-2-3-7-14(12)19-16-18-10-8-15(20-16)13-6-4-9-17-11-13/h2,4-6,8-11H,3,7H2,1H3,(H,18,19,20). The van der Waals surface area contributed by atoms with Crippen molar-refractivity contribution in [2.45, 2.75) is 19.8 Å². The Morgan fingerprint density at radius 1 is 1.20 bits per heavy atom. The van der Waals surface area contributed by atoms with Crippen LogP contribution in [0.15, 0.2) is 60.2 Å². The van der Waals surface area contributed by atoms with Crippen molar-refractivity contribution in [3.8, 4) is 11.3 Å². The maximum Gasteiger partial charge on any atom is 0.227 e. The fourth-order valence-electron chi connectivity index (χ4n) is 2.18. The highest BCUT2D eigenvalue weighted by molar-refractivity contribution is 5.59. The molecule has 4 nitrogen and oxygen atoms in total. The first kappa shape index (κ1) is 12.5. The SMILES string of the molecule is CC1=C(Nc2nccc(-c3cccnc3)n2)CCC=C1. The van der Waals surface area contributed by atoms with Crippen molar-refractivity contribution in [1.82, 2.24) is 15.0 Å². The van der Waals surface area contributed by atoms with Gasteiger partial charge in [0.1, 0.15) is 0 Å². The van der Waals surface area contributed by atoms with Crippen molar-refractivity contribution in [3.05, 3.63) is 60.2 Å². The molecule has 2 aromatic heterocycles. The molecule has 1 N–H and O–H groups in total. The third-order valence-corrected chi connectivity index (χ3v) is 3.28. The second-order valence-corrected chi connectivity index (χ2v) is 4.73. The van der Waals surface area contributed by atoms with Crippen LogP contribution in [-0.4, -0.2) is 15.0 Å². The van der Waals surface area contributed by atoms with Gasteiger partial charge in [0.2, 0.25) is 5.95 Å². The third kappa shape index (κ3) is 2.74. The number of nitrogens with one attached hydrogen (secondary N) is 1. The summed E-state index contributed by atoms with van der Waals surface area (Å²) in [7, 11) is 0. The monoisotopic (exact) mass is 264 g/mol. The van der Waals surface area contributed by atoms with E-state index in [-0.39, 0.29) is 0 Å². The Bertz CT molecular complexity index is 659. The molecule has 100 valence electrons. The van der Waals surface area contributed by atoms with E-state index in [1.807, 2.05) is 18.2 Å². The fraction of sp³-hybridized carbons (Fsp3) is 0.188. The molecule has 0 amide bonds. The van der Waals surface area contributed by atoms with Crippen molar-refractivity contribution in [3.63, 3.8) is 0 Å². The molecule has 0 saturated carbocycles. The summed E-state index contributed by atoms with van der Waals surface area (Å²) in [6.07, 6.45) is 11.7. The first-order valence-corrected chi connectivity index (χ1v) is 6.70. The van der Waals surface area contributed by atoms with Gasteiger partial charge in [0, 0.05) is 29.9 Å². The summed E-state index contributed by atoms with van der Waals surface area (Å²) in [4.78, 5) is 13.0. The molecule has 0 aromatic carbocycles. The molecule has 0 atom stereocenters. The summed E-state index contributed by atoms with van der Waals surface area (Å²) in [6, 6.07) is 5.79. The predicted octanol–water partition coefficient (Wildman–Crippen LogP) is 3.57. The van der Waals surface area contributed by atoms with Gasteiger partial charge in [-0.05, 0) is 43.5 Å². The average molecular weight is 264 g/mol. The van der Waals surface area contributed by atoms with E-state index in [0.29, 0.717) is 5.95 Å². The number of hydrogen-bond acceptors (Lipinski definition) is 4. The molecular weight excluding hydrogens is 248 g/mol. The number of nitrogens with zero attached hydrogens (tertiary/aromatic N) is 3. The molecule has 0 spiro atoms. The first-order valence-electron chi connectivity index (χ1n) is 6.70. The van der Waals surface area contributed by atoms with Crippen LogP contribution < -0.4 is 5.32 Å². The van der Waals surface area contributed by atoms with Crippen LogP contribution in [0.3, 0.4) is 0 Å². The van der Waals surface area contributed by atoms with Gasteiger partial charge in [-0.25, -0.2) is 9.97 Å². The Morgan fingerprint density at radius 3 is 2.95 bits per heavy atom. The summed E-state index contributed by atoms with van der Waals surface area (Å²) in [5.41, 5.74) is 4.30. The van der Waals surface area contributed by atoms with Crippen molar-refractivity contribution in [2.75, 3.05) is 5.32 Å². The summed E-state index contributed by atoms with van der Waals surface area (Å²) >= 11 is 0. The molecule has 0 aliphatic heterocycles. The predicted molar refractivity (Wildman–Crippen MR) is 80.0 cm³/mol. The molecule has 0 bridgehead atoms. The summed E-state index contributed by atoms with van der Waals surface area (Å²) < 4.78 is 0. The van der Waals surface area contributed by atoms with Crippen LogP contribution in [0.25, 0.3) is 11.3 Å². The lowest BCUT2D eigenvalue weighted by Gasteiger charge is -2.14. The zero-order valence-electron chi connectivity index (χ0n) is 11.4. The van der Waals surface area contributed by atoms with Gasteiger partial charge in [0.15, 0.2) is 0 Å². The molecule has 2 aromatic rings. The summed E-state index contributed by atoms with van der Waals surface area (Å²) in [5.74, 6) is 0.635. The van der Waals surface area contributed by atoms with E-state index in [1.165, 1.54) is 11.3 Å². The molecule has 2 heterocycles. The molecule has 0 fully saturated rings. The highest BCUT2D eigenvalue weighted by Gasteiger charge is 2.08. The molecule has 1 aliphatic rings. The number of hydrogen-bond donors (Lipinski definition) is 1. The second-order valence-electron chi connectivity index (χ2n) is 4.73. The number of allylic oxidation sites excluding steroid dienone is 4. The molecule has 20 heavy (non-hydrogen) atoms. The van der Waals surface area contributed by atoms with Crippen molar-refractivity contribution >= 4 is 5.95 Å². The van der Waals surface area contributed by atoms with E-state index in [4.69, 9.17) is 0 Å². The van der Waals surface area contributed by atoms with Crippen LogP contribution in [0.5, 0.6) is 0 Å². The lowest BCUT2D eigenvalue weighted by atomic mass is 10.1. The number of pyridine rings is 1. The Hall–Kier alpha value is -2.49. The van der Waals surface area contributed by atoms with Gasteiger partial charge in [0.05, 0.1) is 5.69 Å². The first-order chi connectivity index (χ1) is 9.83. The Morgan fingerprint density at radius 2 is 2.15 bits per heavy atom. The Kier molecular flexibility index (Phi) is 3.54. The highest BCUT2D eigenvalue weighted by atomic mass is 15.1. The Balaban J connectivity index is 1.87. The smallest absolute Gasteiger partial charge is 0.227 e. The van der Waals surface area contributed by atoms with Crippen LogP contribution in [0.2, 0.25) is 0 Å². The van der Waals surface area contributed by atoms with Crippen LogP contribution >= 0.6 is 0 Å². The molecule has 3 rings (SSSR count). The van der Waals surface area contributed by atoms with Crippen molar-refractivity contribution < 1.29 is 0 Å². The van der Waals surface area contributed by atoms with E-state index in [2.05, 4.69) is 39.3 Å². The highest BCUT2D eigenvalue weighted by Crippen LogP contribution is 2.21. The van der Waals surface area contributed by atoms with Gasteiger partial charge in [-0.2, -0.15) is 0 Å². The van der Waals surface area contributed by atoms with Gasteiger partial charge < -0.3 is 5.32 Å². The number of rotatable bonds is 3. The minimum atomic E-state index is 0.635. The van der Waals surface area contributed by atoms with Gasteiger partial charge in [-0.3, -0.25) is 4.98 Å². The lowest BCUT2D eigenvalue weighted by molar-refractivity contribution is 0.933. The molecule has 0 unspecified atom stereocenters. The summed E-state index contributed by atoms with van der Waals surface area (Å²) in [6.45, 7) is 2.10. The topological polar surface area (TPSA) is 50.7 Å². The maximum absolute atomic E-state index is 4.55. The van der Waals surface area contributed by atoms with Gasteiger partial charge in [0.25, 0.3) is 0 Å². The minimum Gasteiger partial charge on any atom is -0.328 e.